The van der Waals surface area contributed by atoms with Crippen LogP contribution in [0.25, 0.3) is 0 Å². The number of piperidine rings is 1. The Bertz CT molecular complexity index is 620. The summed E-state index contributed by atoms with van der Waals surface area (Å²) in [4.78, 5) is 23.7. The molecule has 0 saturated carbocycles. The van der Waals surface area contributed by atoms with Crippen LogP contribution in [0.2, 0.25) is 0 Å². The highest BCUT2D eigenvalue weighted by Gasteiger charge is 2.44. The maximum Gasteiger partial charge on any atom is 0.405 e. The summed E-state index contributed by atoms with van der Waals surface area (Å²) in [6.07, 6.45) is -0.870. The minimum atomic E-state index is -4.44. The molecular formula is C14H17F3N4O2S. The van der Waals surface area contributed by atoms with Gasteiger partial charge in [0.15, 0.2) is 5.60 Å². The standard InChI is InChI=1S/C14H17F3N4O2S/c15-14(16,17)8-19-12(22)10-6-13(23-20-10)2-1-4-21(9-13)7-11-18-3-5-24-11/h3,5H,1-2,4,6-9H2,(H,19,22). The number of thiazole rings is 1. The summed E-state index contributed by atoms with van der Waals surface area (Å²) in [5.41, 5.74) is -0.601. The molecule has 1 spiro atoms. The van der Waals surface area contributed by atoms with E-state index in [1.807, 2.05) is 10.7 Å². The average Bonchev–Trinajstić information content (AvgIpc) is 3.15. The number of hydrogen-bond donors (Lipinski definition) is 1. The molecule has 1 aromatic heterocycles. The van der Waals surface area contributed by atoms with Gasteiger partial charge < -0.3 is 10.2 Å². The van der Waals surface area contributed by atoms with Crippen molar-refractivity contribution in [3.8, 4) is 0 Å². The van der Waals surface area contributed by atoms with Gasteiger partial charge in [0.2, 0.25) is 0 Å². The summed E-state index contributed by atoms with van der Waals surface area (Å²) in [6, 6.07) is 0. The van der Waals surface area contributed by atoms with Crippen LogP contribution in [-0.2, 0) is 16.2 Å². The number of likely N-dealkylation sites (tertiary alicyclic amines) is 1. The Hall–Kier alpha value is -1.68. The fourth-order valence-corrected chi connectivity index (χ4v) is 3.65. The van der Waals surface area contributed by atoms with Crippen LogP contribution in [-0.4, -0.2) is 52.9 Å². The Morgan fingerprint density at radius 1 is 1.50 bits per heavy atom. The predicted octanol–water partition coefficient (Wildman–Crippen LogP) is 1.93. The number of rotatable bonds is 4. The lowest BCUT2D eigenvalue weighted by molar-refractivity contribution is -0.134. The lowest BCUT2D eigenvalue weighted by Gasteiger charge is -2.37. The van der Waals surface area contributed by atoms with Gasteiger partial charge in [-0.3, -0.25) is 9.69 Å². The second-order valence-corrected chi connectivity index (χ2v) is 7.01. The van der Waals surface area contributed by atoms with E-state index in [4.69, 9.17) is 4.84 Å². The minimum Gasteiger partial charge on any atom is -0.387 e. The zero-order chi connectivity index (χ0) is 17.2. The third kappa shape index (κ3) is 4.23. The summed E-state index contributed by atoms with van der Waals surface area (Å²) in [6.45, 7) is 0.791. The number of carbonyl (C=O) groups is 1. The molecule has 1 saturated heterocycles. The zero-order valence-electron chi connectivity index (χ0n) is 12.8. The van der Waals surface area contributed by atoms with Gasteiger partial charge in [-0.2, -0.15) is 13.2 Å². The van der Waals surface area contributed by atoms with Crippen molar-refractivity contribution >= 4 is 23.0 Å². The number of aromatic nitrogens is 1. The molecule has 0 radical (unpaired) electrons. The van der Waals surface area contributed by atoms with Crippen molar-refractivity contribution in [1.82, 2.24) is 15.2 Å². The van der Waals surface area contributed by atoms with Gasteiger partial charge in [-0.25, -0.2) is 4.98 Å². The van der Waals surface area contributed by atoms with Gasteiger partial charge in [0.05, 0.1) is 6.54 Å². The molecule has 132 valence electrons. The van der Waals surface area contributed by atoms with Crippen LogP contribution in [0.5, 0.6) is 0 Å². The molecule has 0 aliphatic carbocycles. The smallest absolute Gasteiger partial charge is 0.387 e. The number of nitrogens with zero attached hydrogens (tertiary/aromatic N) is 3. The number of carbonyl (C=O) groups excluding carboxylic acids is 1. The van der Waals surface area contributed by atoms with Crippen molar-refractivity contribution in [1.29, 1.82) is 0 Å². The van der Waals surface area contributed by atoms with Gasteiger partial charge in [-0.1, -0.05) is 5.16 Å². The fourth-order valence-electron chi connectivity index (χ4n) is 2.99. The highest BCUT2D eigenvalue weighted by Crippen LogP contribution is 2.34. The van der Waals surface area contributed by atoms with Crippen molar-refractivity contribution in [2.24, 2.45) is 5.16 Å². The summed E-state index contributed by atoms with van der Waals surface area (Å²) >= 11 is 1.57. The van der Waals surface area contributed by atoms with Crippen LogP contribution in [0.1, 0.15) is 24.3 Å². The molecule has 0 bridgehead atoms. The van der Waals surface area contributed by atoms with Crippen LogP contribution < -0.4 is 5.32 Å². The molecule has 1 N–H and O–H groups in total. The van der Waals surface area contributed by atoms with Crippen molar-refractivity contribution in [2.75, 3.05) is 19.6 Å². The summed E-state index contributed by atoms with van der Waals surface area (Å²) in [7, 11) is 0. The van der Waals surface area contributed by atoms with Gasteiger partial charge in [-0.05, 0) is 19.4 Å². The van der Waals surface area contributed by atoms with Crippen LogP contribution in [0.3, 0.4) is 0 Å². The van der Waals surface area contributed by atoms with Crippen LogP contribution >= 0.6 is 11.3 Å². The normalized spacial score (nSPS) is 24.7. The number of halogens is 3. The molecule has 1 atom stereocenters. The molecule has 1 aromatic rings. The van der Waals surface area contributed by atoms with E-state index >= 15 is 0 Å². The van der Waals surface area contributed by atoms with Crippen LogP contribution in [0.4, 0.5) is 13.2 Å². The molecule has 2 aliphatic heterocycles. The quantitative estimate of drug-likeness (QED) is 0.889. The fraction of sp³-hybridized carbons (Fsp3) is 0.643. The summed E-state index contributed by atoms with van der Waals surface area (Å²) in [5.74, 6) is -0.818. The Kier molecular flexibility index (Phi) is 4.77. The lowest BCUT2D eigenvalue weighted by atomic mass is 9.88. The molecule has 1 amide bonds. The maximum atomic E-state index is 12.2. The molecule has 1 unspecified atom stereocenters. The number of nitrogens with one attached hydrogen (secondary N) is 1. The van der Waals surface area contributed by atoms with Crippen molar-refractivity contribution in [3.63, 3.8) is 0 Å². The largest absolute Gasteiger partial charge is 0.405 e. The molecule has 10 heteroatoms. The second-order valence-electron chi connectivity index (χ2n) is 6.03. The first-order valence-corrected chi connectivity index (χ1v) is 8.44. The first kappa shape index (κ1) is 17.2. The van der Waals surface area contributed by atoms with Gasteiger partial charge in [0.25, 0.3) is 5.91 Å². The predicted molar refractivity (Wildman–Crippen MR) is 81.6 cm³/mol. The van der Waals surface area contributed by atoms with Crippen LogP contribution in [0, 0.1) is 0 Å². The molecule has 3 heterocycles. The average molecular weight is 362 g/mol. The Balaban J connectivity index is 1.55. The lowest BCUT2D eigenvalue weighted by Crippen LogP contribution is -2.48. The maximum absolute atomic E-state index is 12.2. The summed E-state index contributed by atoms with van der Waals surface area (Å²) in [5, 5.41) is 8.48. The monoisotopic (exact) mass is 362 g/mol. The number of oxime groups is 1. The van der Waals surface area contributed by atoms with Crippen molar-refractivity contribution in [2.45, 2.75) is 37.6 Å². The first-order valence-electron chi connectivity index (χ1n) is 7.56. The van der Waals surface area contributed by atoms with Crippen LogP contribution in [0.15, 0.2) is 16.7 Å². The van der Waals surface area contributed by atoms with Crippen molar-refractivity contribution < 1.29 is 22.8 Å². The van der Waals surface area contributed by atoms with E-state index in [0.717, 1.165) is 24.4 Å². The van der Waals surface area contributed by atoms with Gasteiger partial charge in [-0.15, -0.1) is 11.3 Å². The molecule has 0 aromatic carbocycles. The van der Waals surface area contributed by atoms with E-state index in [1.54, 1.807) is 17.5 Å². The van der Waals surface area contributed by atoms with E-state index in [1.165, 1.54) is 0 Å². The highest BCUT2D eigenvalue weighted by atomic mass is 32.1. The molecule has 6 nitrogen and oxygen atoms in total. The number of alkyl halides is 3. The Labute approximate surface area is 140 Å². The van der Waals surface area contributed by atoms with Gasteiger partial charge >= 0.3 is 6.18 Å². The highest BCUT2D eigenvalue weighted by molar-refractivity contribution is 7.09. The molecule has 1 fully saturated rings. The molecule has 24 heavy (non-hydrogen) atoms. The SMILES string of the molecule is O=C(NCC(F)(F)F)C1=NOC2(CCCN(Cc3nccs3)C2)C1. The summed E-state index contributed by atoms with van der Waals surface area (Å²) < 4.78 is 36.6. The molecular weight excluding hydrogens is 345 g/mol. The van der Waals surface area contributed by atoms with Gasteiger partial charge in [0.1, 0.15) is 17.3 Å². The Morgan fingerprint density at radius 3 is 3.04 bits per heavy atom. The van der Waals surface area contributed by atoms with Crippen molar-refractivity contribution in [3.05, 3.63) is 16.6 Å². The first-order chi connectivity index (χ1) is 11.4. The van der Waals surface area contributed by atoms with E-state index in [2.05, 4.69) is 15.0 Å². The number of amides is 1. The topological polar surface area (TPSA) is 66.8 Å². The third-order valence-corrected chi connectivity index (χ3v) is 4.78. The third-order valence-electron chi connectivity index (χ3n) is 4.01. The zero-order valence-corrected chi connectivity index (χ0v) is 13.6. The Morgan fingerprint density at radius 2 is 2.33 bits per heavy atom. The van der Waals surface area contributed by atoms with E-state index in [-0.39, 0.29) is 12.1 Å². The second kappa shape index (κ2) is 6.67. The molecule has 2 aliphatic rings. The van der Waals surface area contributed by atoms with E-state index in [0.29, 0.717) is 13.1 Å². The minimum absolute atomic E-state index is 0.0235. The molecule has 3 rings (SSSR count). The van der Waals surface area contributed by atoms with E-state index < -0.39 is 24.2 Å². The van der Waals surface area contributed by atoms with E-state index in [9.17, 15) is 18.0 Å². The number of hydrogen-bond acceptors (Lipinski definition) is 6. The van der Waals surface area contributed by atoms with Gasteiger partial charge in [0, 0.05) is 24.5 Å².